The molecule has 2 heteroatoms. The summed E-state index contributed by atoms with van der Waals surface area (Å²) < 4.78 is 0. The van der Waals surface area contributed by atoms with Gasteiger partial charge >= 0.3 is 0 Å². The Morgan fingerprint density at radius 1 is 1.22 bits per heavy atom. The Kier molecular flexibility index (Phi) is 1.96. The smallest absolute Gasteiger partial charge is 0.119 e. The van der Waals surface area contributed by atoms with Crippen LogP contribution in [-0.2, 0) is 0 Å². The lowest BCUT2D eigenvalue weighted by atomic mass is 10.4. The summed E-state index contributed by atoms with van der Waals surface area (Å²) in [7, 11) is -1.22. The van der Waals surface area contributed by atoms with Gasteiger partial charge in [0.15, 0.2) is 0 Å². The molecule has 0 amide bonds. The highest BCUT2D eigenvalue weighted by molar-refractivity contribution is 6.75. The van der Waals surface area contributed by atoms with E-state index in [2.05, 4.69) is 13.1 Å². The summed E-state index contributed by atoms with van der Waals surface area (Å²) in [5.41, 5.74) is 0.928. The molecule has 0 bridgehead atoms. The molecule has 1 aliphatic carbocycles. The molecule has 0 atom stereocenters. The maximum absolute atomic E-state index is 6.08. The summed E-state index contributed by atoms with van der Waals surface area (Å²) in [5.74, 6) is 0. The zero-order valence-corrected chi connectivity index (χ0v) is 7.48. The van der Waals surface area contributed by atoms with E-state index in [1.54, 1.807) is 0 Å². The number of hydrogen-bond acceptors (Lipinski definition) is 1. The Labute approximate surface area is 58.7 Å². The first kappa shape index (κ1) is 7.29. The van der Waals surface area contributed by atoms with Crippen molar-refractivity contribution >= 4 is 8.24 Å². The van der Waals surface area contributed by atoms with Gasteiger partial charge in [-0.2, -0.15) is 0 Å². The van der Waals surface area contributed by atoms with Gasteiger partial charge in [0.1, 0.15) is 8.24 Å². The average Bonchev–Trinajstić information content (AvgIpc) is 2.08. The quantitative estimate of drug-likeness (QED) is 0.559. The van der Waals surface area contributed by atoms with Gasteiger partial charge < -0.3 is 5.40 Å². The maximum Gasteiger partial charge on any atom is 0.119 e. The molecular weight excluding hydrogens is 126 g/mol. The van der Waals surface area contributed by atoms with E-state index in [0.717, 1.165) is 5.54 Å². The minimum absolute atomic E-state index is 0.928. The molecule has 2 N–H and O–H groups in total. The Morgan fingerprint density at radius 3 is 1.89 bits per heavy atom. The largest absolute Gasteiger partial charge is 0.351 e. The monoisotopic (exact) mass is 143 g/mol. The Morgan fingerprint density at radius 2 is 1.67 bits per heavy atom. The molecule has 9 heavy (non-hydrogen) atoms. The van der Waals surface area contributed by atoms with Crippen LogP contribution in [0.4, 0.5) is 0 Å². The Bertz CT molecular complexity index is 89.6. The third-order valence-corrected chi connectivity index (χ3v) is 5.09. The van der Waals surface area contributed by atoms with Crippen molar-refractivity contribution in [2.24, 2.45) is 5.40 Å². The SMILES string of the molecule is C[Si](C)(N)C1CCCC1. The van der Waals surface area contributed by atoms with E-state index in [1.807, 2.05) is 0 Å². The van der Waals surface area contributed by atoms with Gasteiger partial charge in [-0.05, 0) is 5.54 Å². The predicted molar refractivity (Wildman–Crippen MR) is 43.9 cm³/mol. The van der Waals surface area contributed by atoms with Crippen molar-refractivity contribution in [1.82, 2.24) is 0 Å². The first-order valence-corrected chi connectivity index (χ1v) is 7.05. The molecule has 1 rings (SSSR count). The minimum atomic E-state index is -1.22. The van der Waals surface area contributed by atoms with Gasteiger partial charge in [-0.3, -0.25) is 0 Å². The first-order chi connectivity index (χ1) is 4.11. The van der Waals surface area contributed by atoms with Crippen LogP contribution >= 0.6 is 0 Å². The summed E-state index contributed by atoms with van der Waals surface area (Å²) in [5, 5.41) is 6.08. The van der Waals surface area contributed by atoms with E-state index >= 15 is 0 Å². The zero-order chi connectivity index (χ0) is 6.91. The predicted octanol–water partition coefficient (Wildman–Crippen LogP) is 2.09. The highest BCUT2D eigenvalue weighted by atomic mass is 28.3. The fourth-order valence-corrected chi connectivity index (χ4v) is 3.57. The topological polar surface area (TPSA) is 26.0 Å². The normalized spacial score (nSPS) is 23.0. The molecule has 1 fully saturated rings. The molecule has 0 spiro atoms. The highest BCUT2D eigenvalue weighted by Gasteiger charge is 2.29. The summed E-state index contributed by atoms with van der Waals surface area (Å²) >= 11 is 0. The van der Waals surface area contributed by atoms with E-state index in [4.69, 9.17) is 5.40 Å². The van der Waals surface area contributed by atoms with E-state index in [-0.39, 0.29) is 0 Å². The minimum Gasteiger partial charge on any atom is -0.351 e. The molecule has 0 aliphatic heterocycles. The van der Waals surface area contributed by atoms with Crippen LogP contribution in [-0.4, -0.2) is 8.24 Å². The van der Waals surface area contributed by atoms with Crippen molar-refractivity contribution < 1.29 is 0 Å². The second-order valence-corrected chi connectivity index (χ2v) is 8.26. The molecule has 0 unspecified atom stereocenters. The second kappa shape index (κ2) is 2.43. The van der Waals surface area contributed by atoms with E-state index < -0.39 is 8.24 Å². The molecule has 0 aromatic heterocycles. The van der Waals surface area contributed by atoms with Crippen molar-refractivity contribution in [1.29, 1.82) is 0 Å². The van der Waals surface area contributed by atoms with E-state index in [1.165, 1.54) is 25.7 Å². The molecule has 1 nitrogen and oxygen atoms in total. The standard InChI is InChI=1S/C7H17NSi/c1-9(2,8)7-5-3-4-6-7/h7H,3-6,8H2,1-2H3. The zero-order valence-electron chi connectivity index (χ0n) is 6.48. The summed E-state index contributed by atoms with van der Waals surface area (Å²) in [6, 6.07) is 0. The van der Waals surface area contributed by atoms with Crippen LogP contribution in [0.1, 0.15) is 25.7 Å². The van der Waals surface area contributed by atoms with Crippen LogP contribution in [0, 0.1) is 0 Å². The summed E-state index contributed by atoms with van der Waals surface area (Å²) in [4.78, 5) is 0. The fraction of sp³-hybridized carbons (Fsp3) is 1.00. The van der Waals surface area contributed by atoms with Crippen molar-refractivity contribution in [2.75, 3.05) is 0 Å². The average molecular weight is 143 g/mol. The van der Waals surface area contributed by atoms with Crippen molar-refractivity contribution in [3.63, 3.8) is 0 Å². The Balaban J connectivity index is 2.42. The Hall–Kier alpha value is 0.177. The molecule has 0 aromatic carbocycles. The lowest BCUT2D eigenvalue weighted by Gasteiger charge is -2.23. The molecular formula is C7H17NSi. The van der Waals surface area contributed by atoms with Crippen LogP contribution in [0.25, 0.3) is 0 Å². The summed E-state index contributed by atoms with van der Waals surface area (Å²) in [6.07, 6.45) is 5.68. The van der Waals surface area contributed by atoms with Crippen LogP contribution in [0.3, 0.4) is 0 Å². The van der Waals surface area contributed by atoms with E-state index in [0.29, 0.717) is 0 Å². The number of hydrogen-bond donors (Lipinski definition) is 1. The molecule has 54 valence electrons. The fourth-order valence-electron chi connectivity index (χ4n) is 1.67. The van der Waals surface area contributed by atoms with Crippen molar-refractivity contribution in [2.45, 2.75) is 44.3 Å². The van der Waals surface area contributed by atoms with E-state index in [9.17, 15) is 0 Å². The number of rotatable bonds is 1. The van der Waals surface area contributed by atoms with Gasteiger partial charge in [0.05, 0.1) is 0 Å². The van der Waals surface area contributed by atoms with Crippen LogP contribution in [0.2, 0.25) is 18.6 Å². The van der Waals surface area contributed by atoms with Gasteiger partial charge in [0.2, 0.25) is 0 Å². The van der Waals surface area contributed by atoms with Crippen LogP contribution < -0.4 is 5.40 Å². The highest BCUT2D eigenvalue weighted by Crippen LogP contribution is 2.35. The molecule has 0 heterocycles. The van der Waals surface area contributed by atoms with Crippen LogP contribution in [0.15, 0.2) is 0 Å². The summed E-state index contributed by atoms with van der Waals surface area (Å²) in [6.45, 7) is 4.56. The third-order valence-electron chi connectivity index (χ3n) is 2.41. The number of nitrogens with two attached hydrogens (primary N) is 1. The molecule has 1 saturated carbocycles. The maximum atomic E-state index is 6.08. The lowest BCUT2D eigenvalue weighted by molar-refractivity contribution is 0.833. The molecule has 0 radical (unpaired) electrons. The lowest BCUT2D eigenvalue weighted by Crippen LogP contribution is -2.42. The van der Waals surface area contributed by atoms with Crippen LogP contribution in [0.5, 0.6) is 0 Å². The van der Waals surface area contributed by atoms with Gasteiger partial charge in [-0.1, -0.05) is 38.8 Å². The second-order valence-electron chi connectivity index (χ2n) is 3.80. The van der Waals surface area contributed by atoms with Gasteiger partial charge in [-0.15, -0.1) is 0 Å². The molecule has 1 aliphatic rings. The third kappa shape index (κ3) is 1.80. The van der Waals surface area contributed by atoms with Gasteiger partial charge in [0.25, 0.3) is 0 Å². The van der Waals surface area contributed by atoms with Crippen molar-refractivity contribution in [3.8, 4) is 0 Å². The van der Waals surface area contributed by atoms with Crippen molar-refractivity contribution in [3.05, 3.63) is 0 Å². The van der Waals surface area contributed by atoms with Gasteiger partial charge in [-0.25, -0.2) is 0 Å². The molecule has 0 aromatic rings. The first-order valence-electron chi connectivity index (χ1n) is 3.89. The molecule has 0 saturated heterocycles. The van der Waals surface area contributed by atoms with Gasteiger partial charge in [0, 0.05) is 0 Å².